The van der Waals surface area contributed by atoms with Gasteiger partial charge in [0, 0.05) is 11.2 Å². The molecule has 1 amide bonds. The number of rotatable bonds is 5. The molecule has 0 aliphatic rings. The highest BCUT2D eigenvalue weighted by Gasteiger charge is 2.33. The average Bonchev–Trinajstić information content (AvgIpc) is 2.39. The number of amides is 1. The average molecular weight is 333 g/mol. The van der Waals surface area contributed by atoms with E-state index in [2.05, 4.69) is 5.32 Å². The highest BCUT2D eigenvalue weighted by Crippen LogP contribution is 2.27. The number of nitrogens with one attached hydrogen (secondary N) is 1. The number of hydrogen-bond donors (Lipinski definition) is 2. The highest BCUT2D eigenvalue weighted by atomic mass is 35.5. The molecule has 1 rings (SSSR count). The molecule has 0 radical (unpaired) electrons. The summed E-state index contributed by atoms with van der Waals surface area (Å²) < 4.78 is 25.0. The lowest BCUT2D eigenvalue weighted by atomic mass is 10.0. The Bertz CT molecular complexity index is 642. The van der Waals surface area contributed by atoms with Crippen molar-refractivity contribution in [3.05, 3.63) is 23.2 Å². The predicted octanol–water partition coefficient (Wildman–Crippen LogP) is 2.39. The van der Waals surface area contributed by atoms with E-state index in [1.54, 1.807) is 0 Å². The van der Waals surface area contributed by atoms with Crippen LogP contribution in [-0.2, 0) is 14.6 Å². The van der Waals surface area contributed by atoms with Crippen LogP contribution in [0.5, 0.6) is 0 Å². The summed E-state index contributed by atoms with van der Waals surface area (Å²) in [6.07, 6.45) is 0.685. The van der Waals surface area contributed by atoms with Crippen molar-refractivity contribution in [1.82, 2.24) is 5.32 Å². The van der Waals surface area contributed by atoms with Crippen molar-refractivity contribution in [2.45, 2.75) is 49.8 Å². The molecular weight excluding hydrogens is 312 g/mol. The van der Waals surface area contributed by atoms with Gasteiger partial charge in [0.2, 0.25) is 5.91 Å². The third-order valence-corrected chi connectivity index (χ3v) is 5.98. The van der Waals surface area contributed by atoms with Crippen LogP contribution in [0.4, 0.5) is 5.69 Å². The van der Waals surface area contributed by atoms with Crippen molar-refractivity contribution in [2.24, 2.45) is 0 Å². The Morgan fingerprint density at radius 2 is 2.00 bits per heavy atom. The van der Waals surface area contributed by atoms with E-state index in [0.29, 0.717) is 6.42 Å². The van der Waals surface area contributed by atoms with Crippen LogP contribution in [0.15, 0.2) is 23.1 Å². The Kier molecular flexibility index (Phi) is 5.28. The Morgan fingerprint density at radius 3 is 2.52 bits per heavy atom. The molecule has 7 heteroatoms. The van der Waals surface area contributed by atoms with Gasteiger partial charge in [-0.05, 0) is 45.4 Å². The maximum Gasteiger partial charge on any atom is 0.238 e. The molecule has 0 aromatic heterocycles. The number of nitrogen functional groups attached to an aromatic ring is 1. The van der Waals surface area contributed by atoms with Gasteiger partial charge in [0.25, 0.3) is 0 Å². The van der Waals surface area contributed by atoms with E-state index in [0.717, 1.165) is 0 Å². The standard InChI is InChI=1S/C14H21ClN2O3S/c1-5-14(3,4)17-13(18)9(2)21(19,20)12-8-10(16)6-7-11(12)15/h6-9H,5,16H2,1-4H3,(H,17,18). The smallest absolute Gasteiger partial charge is 0.238 e. The second-order valence-corrected chi connectivity index (χ2v) is 8.25. The molecule has 118 valence electrons. The molecule has 0 fully saturated rings. The van der Waals surface area contributed by atoms with Crippen molar-refractivity contribution in [2.75, 3.05) is 5.73 Å². The number of halogens is 1. The van der Waals surface area contributed by atoms with Crippen LogP contribution in [0.1, 0.15) is 34.1 Å². The number of hydrogen-bond acceptors (Lipinski definition) is 4. The van der Waals surface area contributed by atoms with Gasteiger partial charge in [-0.15, -0.1) is 0 Å². The second kappa shape index (κ2) is 6.23. The first kappa shape index (κ1) is 17.8. The van der Waals surface area contributed by atoms with Crippen molar-refractivity contribution in [1.29, 1.82) is 0 Å². The van der Waals surface area contributed by atoms with Gasteiger partial charge in [0.15, 0.2) is 9.84 Å². The lowest BCUT2D eigenvalue weighted by Gasteiger charge is -2.26. The molecule has 1 aromatic rings. The maximum atomic E-state index is 12.5. The van der Waals surface area contributed by atoms with Gasteiger partial charge in [-0.2, -0.15) is 0 Å². The van der Waals surface area contributed by atoms with Gasteiger partial charge in [-0.1, -0.05) is 18.5 Å². The van der Waals surface area contributed by atoms with E-state index < -0.39 is 26.5 Å². The normalized spacial score (nSPS) is 13.8. The van der Waals surface area contributed by atoms with E-state index >= 15 is 0 Å². The first-order valence-electron chi connectivity index (χ1n) is 6.62. The number of nitrogens with two attached hydrogens (primary N) is 1. The summed E-state index contributed by atoms with van der Waals surface area (Å²) >= 11 is 5.92. The van der Waals surface area contributed by atoms with Gasteiger partial charge in [0.1, 0.15) is 5.25 Å². The van der Waals surface area contributed by atoms with Gasteiger partial charge in [-0.25, -0.2) is 8.42 Å². The molecule has 0 saturated heterocycles. The minimum Gasteiger partial charge on any atom is -0.399 e. The van der Waals surface area contributed by atoms with E-state index in [-0.39, 0.29) is 15.6 Å². The molecule has 1 atom stereocenters. The Labute approximate surface area is 130 Å². The fourth-order valence-electron chi connectivity index (χ4n) is 1.59. The lowest BCUT2D eigenvalue weighted by molar-refractivity contribution is -0.122. The van der Waals surface area contributed by atoms with Crippen molar-refractivity contribution in [3.8, 4) is 0 Å². The zero-order chi connectivity index (χ0) is 16.4. The fraction of sp³-hybridized carbons (Fsp3) is 0.500. The van der Waals surface area contributed by atoms with Crippen LogP contribution in [0.2, 0.25) is 5.02 Å². The van der Waals surface area contributed by atoms with Crippen LogP contribution >= 0.6 is 11.6 Å². The summed E-state index contributed by atoms with van der Waals surface area (Å²) in [6, 6.07) is 4.18. The van der Waals surface area contributed by atoms with Crippen LogP contribution in [0, 0.1) is 0 Å². The van der Waals surface area contributed by atoms with Crippen LogP contribution < -0.4 is 11.1 Å². The molecule has 0 aliphatic carbocycles. The van der Waals surface area contributed by atoms with Crippen molar-refractivity contribution in [3.63, 3.8) is 0 Å². The fourth-order valence-corrected chi connectivity index (χ4v) is 3.39. The summed E-state index contributed by atoms with van der Waals surface area (Å²) in [5.41, 5.74) is 5.41. The largest absolute Gasteiger partial charge is 0.399 e. The lowest BCUT2D eigenvalue weighted by Crippen LogP contribution is -2.48. The minimum absolute atomic E-state index is 0.0543. The quantitative estimate of drug-likeness (QED) is 0.810. The number of anilines is 1. The zero-order valence-corrected chi connectivity index (χ0v) is 14.2. The second-order valence-electron chi connectivity index (χ2n) is 5.60. The molecule has 0 spiro atoms. The molecule has 0 saturated carbocycles. The first-order chi connectivity index (χ1) is 9.51. The molecular formula is C14H21ClN2O3S. The van der Waals surface area contributed by atoms with E-state index in [4.69, 9.17) is 17.3 Å². The Hall–Kier alpha value is -1.27. The summed E-state index contributed by atoms with van der Waals surface area (Å²) in [5.74, 6) is -0.555. The molecule has 0 aliphatic heterocycles. The molecule has 1 aromatic carbocycles. The van der Waals surface area contributed by atoms with Gasteiger partial charge < -0.3 is 11.1 Å². The summed E-state index contributed by atoms with van der Waals surface area (Å²) in [6.45, 7) is 6.92. The maximum absolute atomic E-state index is 12.5. The van der Waals surface area contributed by atoms with E-state index in [1.807, 2.05) is 20.8 Å². The third-order valence-electron chi connectivity index (χ3n) is 3.44. The zero-order valence-electron chi connectivity index (χ0n) is 12.6. The van der Waals surface area contributed by atoms with E-state index in [1.165, 1.54) is 25.1 Å². The molecule has 5 nitrogen and oxygen atoms in total. The predicted molar refractivity (Wildman–Crippen MR) is 85.0 cm³/mol. The van der Waals surface area contributed by atoms with Crippen LogP contribution in [0.25, 0.3) is 0 Å². The van der Waals surface area contributed by atoms with Crippen molar-refractivity contribution < 1.29 is 13.2 Å². The summed E-state index contributed by atoms with van der Waals surface area (Å²) in [7, 11) is -3.90. The molecule has 0 heterocycles. The number of carbonyl (C=O) groups is 1. The highest BCUT2D eigenvalue weighted by molar-refractivity contribution is 7.93. The number of sulfone groups is 1. The first-order valence-corrected chi connectivity index (χ1v) is 8.54. The van der Waals surface area contributed by atoms with Crippen molar-refractivity contribution >= 4 is 33.0 Å². The summed E-state index contributed by atoms with van der Waals surface area (Å²) in [4.78, 5) is 12.0. The van der Waals surface area contributed by atoms with Gasteiger partial charge >= 0.3 is 0 Å². The molecule has 0 bridgehead atoms. The summed E-state index contributed by atoms with van der Waals surface area (Å²) in [5, 5.41) is 1.53. The molecule has 21 heavy (non-hydrogen) atoms. The SMILES string of the molecule is CCC(C)(C)NC(=O)C(C)S(=O)(=O)c1cc(N)ccc1Cl. The number of benzene rings is 1. The molecule has 3 N–H and O–H groups in total. The topological polar surface area (TPSA) is 89.3 Å². The van der Waals surface area contributed by atoms with Gasteiger partial charge in [0.05, 0.1) is 9.92 Å². The Balaban J connectivity index is 3.13. The minimum atomic E-state index is -3.90. The third kappa shape index (κ3) is 4.11. The van der Waals surface area contributed by atoms with Crippen LogP contribution in [0.3, 0.4) is 0 Å². The number of carbonyl (C=O) groups excluding carboxylic acids is 1. The molecule has 1 unspecified atom stereocenters. The Morgan fingerprint density at radius 1 is 1.43 bits per heavy atom. The van der Waals surface area contributed by atoms with E-state index in [9.17, 15) is 13.2 Å². The van der Waals surface area contributed by atoms with Crippen LogP contribution in [-0.4, -0.2) is 25.1 Å². The van der Waals surface area contributed by atoms with Gasteiger partial charge in [-0.3, -0.25) is 4.79 Å². The monoisotopic (exact) mass is 332 g/mol.